The molecule has 0 unspecified atom stereocenters. The molecule has 1 amide bonds. The largest absolute Gasteiger partial charge is 0.486 e. The number of nitrogens with one attached hydrogen (secondary N) is 1. The minimum atomic E-state index is -9.88. The number of benzene rings is 1. The zero-order valence-corrected chi connectivity index (χ0v) is 19.4. The lowest BCUT2D eigenvalue weighted by molar-refractivity contribution is -0.173. The van der Waals surface area contributed by atoms with Gasteiger partial charge < -0.3 is 14.8 Å². The minimum absolute atomic E-state index is 0.0583. The van der Waals surface area contributed by atoms with E-state index in [9.17, 15) is 33.4 Å². The number of carbonyl (C=O) groups excluding carboxylic acids is 2. The Morgan fingerprint density at radius 2 is 1.63 bits per heavy atom. The van der Waals surface area contributed by atoms with Crippen LogP contribution in [0.3, 0.4) is 0 Å². The molecular formula is C21H19ClF6N2O4S. The lowest BCUT2D eigenvalue weighted by atomic mass is 9.38. The van der Waals surface area contributed by atoms with Gasteiger partial charge in [-0.25, -0.2) is 9.37 Å². The van der Waals surface area contributed by atoms with Crippen LogP contribution < -0.4 is 14.8 Å². The zero-order chi connectivity index (χ0) is 25.8. The molecule has 1 N–H and O–H groups in total. The molecule has 1 aromatic carbocycles. The van der Waals surface area contributed by atoms with E-state index in [-0.39, 0.29) is 46.8 Å². The molecule has 14 heteroatoms. The number of nitrogens with zero attached hydrogens (tertiary/aromatic N) is 1. The van der Waals surface area contributed by atoms with Crippen molar-refractivity contribution in [1.82, 2.24) is 10.3 Å². The van der Waals surface area contributed by atoms with Gasteiger partial charge in [-0.05, 0) is 48.9 Å². The summed E-state index contributed by atoms with van der Waals surface area (Å²) in [5, 5.41) is 0.420. The molecule has 0 atom stereocenters. The lowest BCUT2D eigenvalue weighted by Gasteiger charge is -2.70. The van der Waals surface area contributed by atoms with Crippen molar-refractivity contribution in [3.05, 3.63) is 47.4 Å². The van der Waals surface area contributed by atoms with E-state index in [1.54, 1.807) is 0 Å². The number of ketones is 1. The molecule has 0 aliphatic heterocycles. The molecule has 1 aromatic heterocycles. The van der Waals surface area contributed by atoms with Crippen molar-refractivity contribution in [2.24, 2.45) is 5.41 Å². The minimum Gasteiger partial charge on any atom is -0.486 e. The molecule has 2 aromatic rings. The molecule has 0 spiro atoms. The van der Waals surface area contributed by atoms with Gasteiger partial charge in [0.25, 0.3) is 5.91 Å². The number of rotatable bonds is 10. The molecule has 5 rings (SSSR count). The second-order valence-corrected chi connectivity index (χ2v) is 11.8. The summed E-state index contributed by atoms with van der Waals surface area (Å²) in [6, 6.07) is 4.62. The van der Waals surface area contributed by atoms with Gasteiger partial charge in [0, 0.05) is 18.0 Å². The van der Waals surface area contributed by atoms with Gasteiger partial charge >= 0.3 is 10.2 Å². The number of ether oxygens (including phenoxy) is 2. The molecule has 192 valence electrons. The van der Waals surface area contributed by atoms with Gasteiger partial charge in [0.1, 0.15) is 23.9 Å². The van der Waals surface area contributed by atoms with Gasteiger partial charge in [-0.2, -0.15) is 0 Å². The first-order chi connectivity index (χ1) is 16.0. The van der Waals surface area contributed by atoms with Crippen molar-refractivity contribution in [2.75, 3.05) is 13.2 Å². The van der Waals surface area contributed by atoms with Crippen molar-refractivity contribution in [3.8, 4) is 11.5 Å². The Bertz CT molecular complexity index is 1170. The Morgan fingerprint density at radius 3 is 2.20 bits per heavy atom. The molecular weight excluding hydrogens is 526 g/mol. The van der Waals surface area contributed by atoms with E-state index in [1.165, 1.54) is 12.1 Å². The van der Waals surface area contributed by atoms with Crippen LogP contribution in [0.1, 0.15) is 25.7 Å². The summed E-state index contributed by atoms with van der Waals surface area (Å²) in [4.78, 5) is 27.1. The quantitative estimate of drug-likeness (QED) is 0.372. The monoisotopic (exact) mass is 544 g/mol. The standard InChI is InChI=1S/C21H19ClF6N2O4S/c22-16-3-1-14(5-17(16)23)33-8-13(31)6-20-10-21(11-20,12-20)30-18(32)9-34-15-2-4-19(29-7-15)35(24,25,26,27)28/h1-5,7H,6,8-12H2,(H,30,32). The number of amides is 1. The Morgan fingerprint density at radius 1 is 1.00 bits per heavy atom. The highest BCUT2D eigenvalue weighted by Gasteiger charge is 2.68. The number of hydrogen-bond acceptors (Lipinski definition) is 5. The van der Waals surface area contributed by atoms with Gasteiger partial charge in [-0.15, -0.1) is 0 Å². The molecule has 3 fully saturated rings. The van der Waals surface area contributed by atoms with Crippen LogP contribution in [0.15, 0.2) is 41.6 Å². The third-order valence-corrected chi connectivity index (χ3v) is 7.22. The third-order valence-electron chi connectivity index (χ3n) is 5.88. The topological polar surface area (TPSA) is 77.5 Å². The fourth-order valence-electron chi connectivity index (χ4n) is 4.68. The summed E-state index contributed by atoms with van der Waals surface area (Å²) < 4.78 is 87.1. The van der Waals surface area contributed by atoms with Crippen LogP contribution in [0.5, 0.6) is 11.5 Å². The molecule has 0 saturated heterocycles. The fraction of sp³-hybridized carbons (Fsp3) is 0.381. The van der Waals surface area contributed by atoms with Gasteiger partial charge in [-0.1, -0.05) is 31.0 Å². The summed E-state index contributed by atoms with van der Waals surface area (Å²) in [7, 11) is -9.88. The molecule has 2 bridgehead atoms. The van der Waals surface area contributed by atoms with E-state index >= 15 is 0 Å². The number of Topliss-reactive ketones (excluding diaryl/α,β-unsaturated/α-hetero) is 1. The van der Waals surface area contributed by atoms with E-state index in [1.807, 2.05) is 0 Å². The second-order valence-electron chi connectivity index (χ2n) is 9.03. The first-order valence-electron chi connectivity index (χ1n) is 10.2. The summed E-state index contributed by atoms with van der Waals surface area (Å²) in [6.45, 7) is -0.776. The predicted octanol–water partition coefficient (Wildman–Crippen LogP) is 5.99. The van der Waals surface area contributed by atoms with Crippen molar-refractivity contribution in [1.29, 1.82) is 0 Å². The predicted molar refractivity (Wildman–Crippen MR) is 115 cm³/mol. The maximum absolute atomic E-state index is 13.4. The Balaban J connectivity index is 1.18. The fourth-order valence-corrected chi connectivity index (χ4v) is 5.37. The van der Waals surface area contributed by atoms with E-state index in [4.69, 9.17) is 21.1 Å². The van der Waals surface area contributed by atoms with E-state index < -0.39 is 39.1 Å². The van der Waals surface area contributed by atoms with Gasteiger partial charge in [-0.3, -0.25) is 9.59 Å². The van der Waals surface area contributed by atoms with Gasteiger partial charge in [0.15, 0.2) is 17.4 Å². The molecule has 6 nitrogen and oxygen atoms in total. The zero-order valence-electron chi connectivity index (χ0n) is 17.8. The van der Waals surface area contributed by atoms with Crippen LogP contribution in [0.4, 0.5) is 23.8 Å². The number of aromatic nitrogens is 1. The normalized spacial score (nSPS) is 24.8. The maximum Gasteiger partial charge on any atom is 0.325 e. The summed E-state index contributed by atoms with van der Waals surface area (Å²) in [6.07, 6.45) is 2.40. The Hall–Kier alpha value is -2.67. The number of carbonyl (C=O) groups is 2. The average molecular weight is 545 g/mol. The van der Waals surface area contributed by atoms with Gasteiger partial charge in [0.05, 0.1) is 11.2 Å². The van der Waals surface area contributed by atoms with Crippen LogP contribution in [0.2, 0.25) is 5.02 Å². The molecule has 0 radical (unpaired) electrons. The first-order valence-corrected chi connectivity index (χ1v) is 12.5. The molecule has 3 aliphatic rings. The second kappa shape index (κ2) is 7.66. The Labute approximate surface area is 200 Å². The van der Waals surface area contributed by atoms with Crippen LogP contribution >= 0.6 is 21.8 Å². The average Bonchev–Trinajstić information content (AvgIpc) is 2.69. The van der Waals surface area contributed by atoms with Crippen molar-refractivity contribution in [3.63, 3.8) is 0 Å². The molecule has 3 saturated carbocycles. The van der Waals surface area contributed by atoms with Crippen LogP contribution in [-0.4, -0.2) is 35.4 Å². The van der Waals surface area contributed by atoms with Crippen molar-refractivity contribution >= 4 is 33.5 Å². The van der Waals surface area contributed by atoms with Crippen LogP contribution in [0, 0.1) is 11.2 Å². The lowest BCUT2D eigenvalue weighted by Crippen LogP contribution is -2.75. The highest BCUT2D eigenvalue weighted by molar-refractivity contribution is 8.45. The van der Waals surface area contributed by atoms with E-state index in [0.29, 0.717) is 31.5 Å². The van der Waals surface area contributed by atoms with Gasteiger partial charge in [0.2, 0.25) is 0 Å². The maximum atomic E-state index is 13.4. The summed E-state index contributed by atoms with van der Waals surface area (Å²) >= 11 is 5.59. The highest BCUT2D eigenvalue weighted by atomic mass is 35.5. The molecule has 3 aliphatic carbocycles. The van der Waals surface area contributed by atoms with Crippen LogP contribution in [0.25, 0.3) is 0 Å². The smallest absolute Gasteiger partial charge is 0.325 e. The third kappa shape index (κ3) is 5.77. The summed E-state index contributed by atoms with van der Waals surface area (Å²) in [5.41, 5.74) is -0.726. The molecule has 1 heterocycles. The first kappa shape index (κ1) is 25.4. The van der Waals surface area contributed by atoms with Crippen molar-refractivity contribution in [2.45, 2.75) is 36.2 Å². The van der Waals surface area contributed by atoms with Crippen molar-refractivity contribution < 1.29 is 42.9 Å². The SMILES string of the molecule is O=C(COc1ccc(Cl)c(F)c1)CC12CC(NC(=O)COc3ccc(S(F)(F)(F)(F)F)nc3)(C1)C2. The number of hydrogen-bond donors (Lipinski definition) is 1. The number of halogens is 7. The summed E-state index contributed by atoms with van der Waals surface area (Å²) in [5.74, 6) is -1.47. The van der Waals surface area contributed by atoms with E-state index in [2.05, 4.69) is 10.3 Å². The number of pyridine rings is 1. The molecule has 35 heavy (non-hydrogen) atoms. The highest BCUT2D eigenvalue weighted by Crippen LogP contribution is 3.01. The van der Waals surface area contributed by atoms with E-state index in [0.717, 1.165) is 6.07 Å². The Kier molecular flexibility index (Phi) is 5.57. The van der Waals surface area contributed by atoms with Crippen LogP contribution in [-0.2, 0) is 9.59 Å².